The third-order valence-corrected chi connectivity index (χ3v) is 0. The molecule has 0 spiro atoms. The summed E-state index contributed by atoms with van der Waals surface area (Å²) in [5, 5.41) is 0. The van der Waals surface area contributed by atoms with Crippen molar-refractivity contribution in [3.05, 3.63) is 0 Å². The van der Waals surface area contributed by atoms with Crippen molar-refractivity contribution in [1.82, 2.24) is 0 Å². The SMILES string of the molecule is O.[Cr].[Sb].[Ti]. The van der Waals surface area contributed by atoms with Gasteiger partial charge in [0.2, 0.25) is 0 Å². The summed E-state index contributed by atoms with van der Waals surface area (Å²) in [5.41, 5.74) is 0. The van der Waals surface area contributed by atoms with Crippen molar-refractivity contribution in [2.75, 3.05) is 0 Å². The summed E-state index contributed by atoms with van der Waals surface area (Å²) in [4.78, 5) is 0. The smallest absolute Gasteiger partial charge is 0 e. The molecule has 0 bridgehead atoms. The van der Waals surface area contributed by atoms with Crippen LogP contribution < -0.4 is 0 Å². The van der Waals surface area contributed by atoms with Crippen LogP contribution in [0, 0.1) is 0 Å². The second kappa shape index (κ2) is 19.9. The van der Waals surface area contributed by atoms with Crippen LogP contribution in [0.4, 0.5) is 0 Å². The van der Waals surface area contributed by atoms with Crippen LogP contribution >= 0.6 is 0 Å². The second-order valence-electron chi connectivity index (χ2n) is 0. The Kier molecular flexibility index (Phi) is 184. The van der Waals surface area contributed by atoms with Gasteiger partial charge in [-0.2, -0.15) is 0 Å². The van der Waals surface area contributed by atoms with Crippen LogP contribution in [0.25, 0.3) is 0 Å². The Bertz CT molecular complexity index is 8.00. The summed E-state index contributed by atoms with van der Waals surface area (Å²) < 4.78 is 0. The van der Waals surface area contributed by atoms with E-state index in [1.165, 1.54) is 0 Å². The molecule has 2 N–H and O–H groups in total. The molecule has 0 aliphatic carbocycles. The molecule has 4 heteroatoms. The molecular formula is H2CrOSbTi. The quantitative estimate of drug-likeness (QED) is 0.475. The molecule has 0 saturated carbocycles. The molecule has 0 unspecified atom stereocenters. The van der Waals surface area contributed by atoms with Crippen LogP contribution in [0.15, 0.2) is 0 Å². The second-order valence-corrected chi connectivity index (χ2v) is 0. The van der Waals surface area contributed by atoms with Gasteiger partial charge in [0.25, 0.3) is 0 Å². The van der Waals surface area contributed by atoms with Crippen LogP contribution in [0.1, 0.15) is 0 Å². The van der Waals surface area contributed by atoms with E-state index in [0.717, 1.165) is 0 Å². The molecule has 0 heterocycles. The molecule has 0 aromatic carbocycles. The summed E-state index contributed by atoms with van der Waals surface area (Å²) in [6, 6.07) is 0. The van der Waals surface area contributed by atoms with Gasteiger partial charge in [-0.05, 0) is 0 Å². The van der Waals surface area contributed by atoms with E-state index in [9.17, 15) is 0 Å². The maximum absolute atomic E-state index is 0. The Balaban J connectivity index is 0. The van der Waals surface area contributed by atoms with Crippen LogP contribution in [0.5, 0.6) is 0 Å². The van der Waals surface area contributed by atoms with Crippen LogP contribution in [0.2, 0.25) is 0 Å². The minimum atomic E-state index is 0. The number of hydrogen-bond acceptors (Lipinski definition) is 0. The Morgan fingerprint density at radius 1 is 1.00 bits per heavy atom. The van der Waals surface area contributed by atoms with Gasteiger partial charge in [0.1, 0.15) is 0 Å². The molecule has 0 rings (SSSR count). The van der Waals surface area contributed by atoms with E-state index in [1.54, 1.807) is 0 Å². The minimum absolute atomic E-state index is 0. The van der Waals surface area contributed by atoms with Gasteiger partial charge in [0.15, 0.2) is 0 Å². The molecule has 0 aliphatic heterocycles. The molecule has 3 radical (unpaired) electrons. The third-order valence-electron chi connectivity index (χ3n) is 0. The van der Waals surface area contributed by atoms with E-state index in [4.69, 9.17) is 0 Å². The summed E-state index contributed by atoms with van der Waals surface area (Å²) in [5.74, 6) is 0. The van der Waals surface area contributed by atoms with Crippen molar-refractivity contribution in [3.63, 3.8) is 0 Å². The maximum atomic E-state index is 0. The van der Waals surface area contributed by atoms with E-state index < -0.39 is 0 Å². The van der Waals surface area contributed by atoms with Gasteiger partial charge in [-0.15, -0.1) is 0 Å². The summed E-state index contributed by atoms with van der Waals surface area (Å²) in [7, 11) is 0. The van der Waals surface area contributed by atoms with Crippen molar-refractivity contribution in [2.24, 2.45) is 0 Å². The van der Waals surface area contributed by atoms with Gasteiger partial charge in [-0.3, -0.25) is 0 Å². The first-order valence-corrected chi connectivity index (χ1v) is 0. The maximum Gasteiger partial charge on any atom is 0 e. The molecule has 0 aromatic heterocycles. The third kappa shape index (κ3) is 8.98. The fourth-order valence-electron chi connectivity index (χ4n) is 0. The van der Waals surface area contributed by atoms with E-state index >= 15 is 0 Å². The predicted molar refractivity (Wildman–Crippen MR) is 9.37 cm³/mol. The fraction of sp³-hybridized carbons (Fsp3) is 0. The average molecular weight is 240 g/mol. The zero-order valence-electron chi connectivity index (χ0n) is 1.86. The summed E-state index contributed by atoms with van der Waals surface area (Å²) >= 11 is 0. The van der Waals surface area contributed by atoms with Crippen molar-refractivity contribution in [1.29, 1.82) is 0 Å². The van der Waals surface area contributed by atoms with Gasteiger partial charge in [-0.25, -0.2) is 0 Å². The molecule has 0 aliphatic rings. The molecule has 4 heavy (non-hydrogen) atoms. The largest absolute Gasteiger partial charge is 0.412 e. The van der Waals surface area contributed by atoms with Crippen molar-refractivity contribution < 1.29 is 44.6 Å². The van der Waals surface area contributed by atoms with Gasteiger partial charge in [-0.1, -0.05) is 0 Å². The van der Waals surface area contributed by atoms with Crippen LogP contribution in [0.3, 0.4) is 0 Å². The van der Waals surface area contributed by atoms with Crippen LogP contribution in [-0.4, -0.2) is 29.9 Å². The van der Waals surface area contributed by atoms with Gasteiger partial charge in [0, 0.05) is 63.5 Å². The molecule has 0 fully saturated rings. The van der Waals surface area contributed by atoms with E-state index in [2.05, 4.69) is 0 Å². The Hall–Kier alpha value is 2.02. The fourth-order valence-corrected chi connectivity index (χ4v) is 0. The Morgan fingerprint density at radius 3 is 1.00 bits per heavy atom. The zero-order valence-corrected chi connectivity index (χ0v) is 7.24. The molecule has 0 amide bonds. The van der Waals surface area contributed by atoms with Gasteiger partial charge >= 0.3 is 0 Å². The summed E-state index contributed by atoms with van der Waals surface area (Å²) in [6.45, 7) is 0. The van der Waals surface area contributed by atoms with E-state index in [-0.39, 0.29) is 69.0 Å². The molecule has 0 aromatic rings. The topological polar surface area (TPSA) is 31.5 Å². The van der Waals surface area contributed by atoms with Crippen molar-refractivity contribution >= 4 is 24.4 Å². The summed E-state index contributed by atoms with van der Waals surface area (Å²) in [6.07, 6.45) is 0. The molecule has 23 valence electrons. The van der Waals surface area contributed by atoms with Gasteiger partial charge < -0.3 is 5.48 Å². The first-order chi connectivity index (χ1) is 0. The first kappa shape index (κ1) is 37.1. The molecule has 1 nitrogen and oxygen atoms in total. The monoisotopic (exact) mass is 239 g/mol. The molecule has 0 saturated heterocycles. The minimum Gasteiger partial charge on any atom is -0.412 e. The van der Waals surface area contributed by atoms with E-state index in [1.807, 2.05) is 0 Å². The zero-order chi connectivity index (χ0) is 0. The van der Waals surface area contributed by atoms with Crippen molar-refractivity contribution in [3.8, 4) is 0 Å². The average Bonchev–Trinajstić information content (AvgIpc) is 0. The Labute approximate surface area is 68.3 Å². The number of rotatable bonds is 0. The van der Waals surface area contributed by atoms with Crippen molar-refractivity contribution in [2.45, 2.75) is 0 Å². The molecular weight excluding hydrogens is 238 g/mol. The van der Waals surface area contributed by atoms with E-state index in [0.29, 0.717) is 0 Å². The first-order valence-electron chi connectivity index (χ1n) is 0. The van der Waals surface area contributed by atoms with Gasteiger partial charge in [0.05, 0.1) is 0 Å². The normalized spacial score (nSPS) is 0. The number of hydrogen-bond donors (Lipinski definition) is 0. The predicted octanol–water partition coefficient (Wildman–Crippen LogP) is -1.21. The van der Waals surface area contributed by atoms with Crippen LogP contribution in [-0.2, 0) is 39.1 Å². The molecule has 0 atom stereocenters. The standard InChI is InChI=1S/Cr.H2O.Sb.Ti/h;1H2;;. The Morgan fingerprint density at radius 2 is 1.00 bits per heavy atom.